The largest absolute Gasteiger partial charge is 0.508 e. The van der Waals surface area contributed by atoms with Gasteiger partial charge in [0.1, 0.15) is 11.9 Å². The molecular formula is C42H50N2O5. The van der Waals surface area contributed by atoms with E-state index in [9.17, 15) is 14.7 Å². The van der Waals surface area contributed by atoms with Crippen LogP contribution in [0.25, 0.3) is 0 Å². The Labute approximate surface area is 290 Å². The molecule has 2 bridgehead atoms. The number of ether oxygens (including phenoxy) is 2. The van der Waals surface area contributed by atoms with Crippen molar-refractivity contribution < 1.29 is 24.2 Å². The number of phenolic OH excluding ortho intramolecular Hbond substituents is 1. The van der Waals surface area contributed by atoms with Crippen LogP contribution in [-0.2, 0) is 23.1 Å². The number of carbonyl (C=O) groups excluding carboxylic acids is 2. The van der Waals surface area contributed by atoms with E-state index in [2.05, 4.69) is 40.1 Å². The fourth-order valence-corrected chi connectivity index (χ4v) is 10.0. The summed E-state index contributed by atoms with van der Waals surface area (Å²) in [4.78, 5) is 31.2. The minimum atomic E-state index is -0.421. The molecule has 3 aromatic rings. The third-order valence-corrected chi connectivity index (χ3v) is 12.4. The summed E-state index contributed by atoms with van der Waals surface area (Å²) >= 11 is 0. The van der Waals surface area contributed by atoms with E-state index < -0.39 is 5.97 Å². The van der Waals surface area contributed by atoms with Gasteiger partial charge >= 0.3 is 5.97 Å². The Balaban J connectivity index is 1.09. The molecule has 3 aliphatic carbocycles. The molecule has 1 N–H and O–H groups in total. The number of hydrogen-bond acceptors (Lipinski definition) is 7. The smallest absolute Gasteiger partial charge is 0.308 e. The van der Waals surface area contributed by atoms with E-state index in [1.165, 1.54) is 25.3 Å². The summed E-state index contributed by atoms with van der Waals surface area (Å²) in [5, 5.41) is 11.5. The molecule has 0 radical (unpaired) electrons. The number of rotatable bonds is 14. The van der Waals surface area contributed by atoms with E-state index in [4.69, 9.17) is 9.47 Å². The van der Waals surface area contributed by atoms with E-state index in [0.717, 1.165) is 100 Å². The number of benzene rings is 3. The quantitative estimate of drug-likeness (QED) is 0.0852. The van der Waals surface area contributed by atoms with E-state index in [-0.39, 0.29) is 29.1 Å². The number of carbonyl (C=O) groups is 2. The van der Waals surface area contributed by atoms with Crippen molar-refractivity contribution in [3.05, 3.63) is 89.0 Å². The number of piperidine rings is 1. The van der Waals surface area contributed by atoms with E-state index in [1.54, 1.807) is 6.07 Å². The highest BCUT2D eigenvalue weighted by atomic mass is 16.6. The zero-order chi connectivity index (χ0) is 33.5. The van der Waals surface area contributed by atoms with Crippen molar-refractivity contribution in [3.63, 3.8) is 0 Å². The van der Waals surface area contributed by atoms with Crippen LogP contribution < -0.4 is 9.47 Å². The van der Waals surface area contributed by atoms with Gasteiger partial charge < -0.3 is 14.6 Å². The second-order valence-corrected chi connectivity index (χ2v) is 15.4. The van der Waals surface area contributed by atoms with Gasteiger partial charge in [0.2, 0.25) is 0 Å². The minimum absolute atomic E-state index is 0.0366. The molecule has 0 amide bonds. The minimum Gasteiger partial charge on any atom is -0.508 e. The summed E-state index contributed by atoms with van der Waals surface area (Å²) in [6.07, 6.45) is 11.8. The third-order valence-electron chi connectivity index (χ3n) is 12.4. The van der Waals surface area contributed by atoms with Crippen molar-refractivity contribution in [2.24, 2.45) is 11.8 Å². The maximum absolute atomic E-state index is 13.8. The lowest BCUT2D eigenvalue weighted by molar-refractivity contribution is -0.132. The summed E-state index contributed by atoms with van der Waals surface area (Å²) in [7, 11) is 0. The number of ketones is 1. The lowest BCUT2D eigenvalue weighted by atomic mass is 9.50. The summed E-state index contributed by atoms with van der Waals surface area (Å²) in [6, 6.07) is 22.4. The molecule has 2 aliphatic heterocycles. The highest BCUT2D eigenvalue weighted by Gasteiger charge is 2.67. The zero-order valence-electron chi connectivity index (χ0n) is 28.8. The molecule has 1 saturated heterocycles. The average molecular weight is 663 g/mol. The molecule has 3 fully saturated rings. The predicted octanol–water partition coefficient (Wildman–Crippen LogP) is 7.12. The molecule has 1 spiro atoms. The van der Waals surface area contributed by atoms with E-state index >= 15 is 0 Å². The predicted molar refractivity (Wildman–Crippen MR) is 189 cm³/mol. The Hall–Kier alpha value is -3.68. The number of unbranched alkanes of at least 4 members (excludes halogenated alkanes) is 3. The fraction of sp³-hybridized carbons (Fsp3) is 0.524. The molecule has 49 heavy (non-hydrogen) atoms. The van der Waals surface area contributed by atoms with Gasteiger partial charge in [0, 0.05) is 53.7 Å². The lowest BCUT2D eigenvalue weighted by Crippen LogP contribution is -2.69. The molecule has 5 aliphatic rings. The molecule has 8 rings (SSSR count). The number of aromatic hydroxyl groups is 1. The Morgan fingerprint density at radius 1 is 0.980 bits per heavy atom. The number of nitrogens with zero attached hydrogens (tertiary/aromatic N) is 2. The number of aryl methyl sites for hydroxylation is 1. The molecular weight excluding hydrogens is 612 g/mol. The molecule has 0 aromatic heterocycles. The van der Waals surface area contributed by atoms with Crippen LogP contribution in [0.1, 0.15) is 91.8 Å². The van der Waals surface area contributed by atoms with Gasteiger partial charge in [0.05, 0.1) is 6.54 Å². The second kappa shape index (κ2) is 13.6. The number of phenols is 1. The Bertz CT molecular complexity index is 1670. The maximum Gasteiger partial charge on any atom is 0.308 e. The van der Waals surface area contributed by atoms with Crippen LogP contribution in [0.3, 0.4) is 0 Å². The van der Waals surface area contributed by atoms with Crippen LogP contribution in [0, 0.1) is 11.8 Å². The first-order valence-corrected chi connectivity index (χ1v) is 18.8. The summed E-state index contributed by atoms with van der Waals surface area (Å²) in [5.41, 5.74) is 3.91. The lowest BCUT2D eigenvalue weighted by Gasteiger charge is -2.60. The summed E-state index contributed by atoms with van der Waals surface area (Å²) in [5.74, 6) is 2.10. The first-order valence-electron chi connectivity index (χ1n) is 18.8. The van der Waals surface area contributed by atoms with Crippen molar-refractivity contribution >= 4 is 11.8 Å². The Morgan fingerprint density at radius 3 is 2.49 bits per heavy atom. The number of esters is 1. The Morgan fingerprint density at radius 2 is 1.73 bits per heavy atom. The van der Waals surface area contributed by atoms with E-state index in [1.807, 2.05) is 30.3 Å². The SMILES string of the molecule is CC(=O)Oc1cc(O)c2c3c1O[C@H]1[C@@H](N(CCCCCCc4ccccc4)CC(=O)c4ccccc4)CC[C@H]4[C@@H](C2)N(CC2CC2)CC[C@@]341. The van der Waals surface area contributed by atoms with Crippen LogP contribution in [0.2, 0.25) is 0 Å². The molecule has 2 heterocycles. The molecule has 258 valence electrons. The van der Waals surface area contributed by atoms with Gasteiger partial charge in [-0.05, 0) is 88.3 Å². The van der Waals surface area contributed by atoms with Crippen molar-refractivity contribution in [3.8, 4) is 17.2 Å². The van der Waals surface area contributed by atoms with Crippen LogP contribution in [0.15, 0.2) is 66.7 Å². The van der Waals surface area contributed by atoms with Gasteiger partial charge in [-0.3, -0.25) is 19.4 Å². The maximum atomic E-state index is 13.8. The topological polar surface area (TPSA) is 79.3 Å². The van der Waals surface area contributed by atoms with Crippen molar-refractivity contribution in [2.45, 2.75) is 101 Å². The fourth-order valence-electron chi connectivity index (χ4n) is 10.0. The van der Waals surface area contributed by atoms with Crippen LogP contribution in [-0.4, -0.2) is 71.0 Å². The highest BCUT2D eigenvalue weighted by molar-refractivity contribution is 5.97. The first-order chi connectivity index (χ1) is 23.9. The zero-order valence-corrected chi connectivity index (χ0v) is 28.8. The summed E-state index contributed by atoms with van der Waals surface area (Å²) < 4.78 is 12.8. The van der Waals surface area contributed by atoms with Crippen molar-refractivity contribution in [1.29, 1.82) is 0 Å². The number of likely N-dealkylation sites (tertiary alicyclic amines) is 1. The van der Waals surface area contributed by atoms with Crippen molar-refractivity contribution in [2.75, 3.05) is 26.2 Å². The second-order valence-electron chi connectivity index (χ2n) is 15.4. The molecule has 2 saturated carbocycles. The number of hydrogen-bond donors (Lipinski definition) is 1. The molecule has 3 aromatic carbocycles. The number of Topliss-reactive ketones (excluding diaryl/α,β-unsaturated/α-hetero) is 1. The summed E-state index contributed by atoms with van der Waals surface area (Å²) in [6.45, 7) is 4.73. The average Bonchev–Trinajstić information content (AvgIpc) is 3.86. The molecule has 7 nitrogen and oxygen atoms in total. The standard InChI is InChI=1S/C42H50N2O5/c1-28(45)48-38-25-36(46)32-24-35-33-19-20-34(41-42(33,39(32)40(38)49-41)21-23-44(35)26-30-17-18-30)43(27-37(47)31-15-9-5-10-16-31)22-11-3-2-6-12-29-13-7-4-8-14-29/h4-5,7-10,13-16,25,30,33-35,41,46H,2-3,6,11-12,17-24,26-27H2,1H3/t33-,34-,35+,41-,42-/m0/s1. The monoisotopic (exact) mass is 662 g/mol. The van der Waals surface area contributed by atoms with Gasteiger partial charge in [0.25, 0.3) is 0 Å². The molecule has 0 unspecified atom stereocenters. The van der Waals surface area contributed by atoms with E-state index in [0.29, 0.717) is 30.0 Å². The van der Waals surface area contributed by atoms with Gasteiger partial charge in [-0.15, -0.1) is 0 Å². The van der Waals surface area contributed by atoms with Crippen molar-refractivity contribution in [1.82, 2.24) is 9.80 Å². The van der Waals surface area contributed by atoms with Crippen LogP contribution >= 0.6 is 0 Å². The Kier molecular flexibility index (Phi) is 9.00. The van der Waals surface area contributed by atoms with Gasteiger partial charge in [0.15, 0.2) is 17.3 Å². The van der Waals surface area contributed by atoms with Crippen LogP contribution in [0.5, 0.6) is 17.2 Å². The van der Waals surface area contributed by atoms with Gasteiger partial charge in [-0.25, -0.2) is 0 Å². The normalized spacial score (nSPS) is 26.7. The first kappa shape index (κ1) is 32.5. The molecule has 5 atom stereocenters. The van der Waals surface area contributed by atoms with Gasteiger partial charge in [-0.2, -0.15) is 0 Å². The van der Waals surface area contributed by atoms with Gasteiger partial charge in [-0.1, -0.05) is 73.5 Å². The highest BCUT2D eigenvalue weighted by Crippen LogP contribution is 2.66. The third kappa shape index (κ3) is 6.18. The molecule has 7 heteroatoms. The van der Waals surface area contributed by atoms with Crippen LogP contribution in [0.4, 0.5) is 0 Å².